The normalized spacial score (nSPS) is 11.1. The number of unbranched alkanes of at least 4 members (excludes halogenated alkanes) is 1. The van der Waals surface area contributed by atoms with Gasteiger partial charge in [0.2, 0.25) is 0 Å². The molecule has 1 aromatic heterocycles. The van der Waals surface area contributed by atoms with Crippen molar-refractivity contribution in [3.8, 4) is 5.75 Å². The molecule has 0 radical (unpaired) electrons. The van der Waals surface area contributed by atoms with Crippen molar-refractivity contribution in [1.82, 2.24) is 5.32 Å². The Balaban J connectivity index is 2.03. The molecule has 0 aliphatic rings. The first-order valence-corrected chi connectivity index (χ1v) is 7.69. The van der Waals surface area contributed by atoms with E-state index in [2.05, 4.69) is 12.2 Å². The quantitative estimate of drug-likeness (QED) is 0.575. The Labute approximate surface area is 140 Å². The van der Waals surface area contributed by atoms with Crippen LogP contribution in [0.4, 0.5) is 0 Å². The highest BCUT2D eigenvalue weighted by molar-refractivity contribution is 6.04. The van der Waals surface area contributed by atoms with E-state index in [4.69, 9.17) is 14.9 Å². The number of primary amides is 1. The van der Waals surface area contributed by atoms with Gasteiger partial charge in [0.1, 0.15) is 17.2 Å². The van der Waals surface area contributed by atoms with E-state index in [1.165, 1.54) is 12.3 Å². The van der Waals surface area contributed by atoms with Gasteiger partial charge in [0.15, 0.2) is 0 Å². The second kappa shape index (κ2) is 8.57. The molecule has 126 valence electrons. The second-order valence-electron chi connectivity index (χ2n) is 5.12. The molecule has 2 rings (SSSR count). The third kappa shape index (κ3) is 5.01. The summed E-state index contributed by atoms with van der Waals surface area (Å²) >= 11 is 0. The molecule has 2 aromatic rings. The third-order valence-electron chi connectivity index (χ3n) is 3.23. The maximum absolute atomic E-state index is 12.2. The lowest BCUT2D eigenvalue weighted by atomic mass is 10.2. The molecule has 2 amide bonds. The van der Waals surface area contributed by atoms with E-state index in [-0.39, 0.29) is 5.70 Å². The third-order valence-corrected chi connectivity index (χ3v) is 3.23. The van der Waals surface area contributed by atoms with Crippen molar-refractivity contribution in [1.29, 1.82) is 0 Å². The number of ether oxygens (including phenoxy) is 1. The molecule has 24 heavy (non-hydrogen) atoms. The van der Waals surface area contributed by atoms with E-state index >= 15 is 0 Å². The first kappa shape index (κ1) is 17.3. The Kier molecular flexibility index (Phi) is 6.19. The lowest BCUT2D eigenvalue weighted by Crippen LogP contribution is -2.31. The fourth-order valence-corrected chi connectivity index (χ4v) is 1.92. The minimum absolute atomic E-state index is 0.0433. The van der Waals surface area contributed by atoms with Gasteiger partial charge in [-0.25, -0.2) is 0 Å². The van der Waals surface area contributed by atoms with Crippen LogP contribution >= 0.6 is 0 Å². The number of nitrogens with two attached hydrogens (primary N) is 1. The van der Waals surface area contributed by atoms with Crippen LogP contribution in [0.3, 0.4) is 0 Å². The fraction of sp³-hybridized carbons (Fsp3) is 0.222. The average molecular weight is 328 g/mol. The van der Waals surface area contributed by atoms with Crippen molar-refractivity contribution in [3.05, 3.63) is 59.7 Å². The summed E-state index contributed by atoms with van der Waals surface area (Å²) in [7, 11) is 0. The van der Waals surface area contributed by atoms with Gasteiger partial charge in [-0.1, -0.05) is 13.3 Å². The molecular formula is C18H20N2O4. The Morgan fingerprint density at radius 3 is 2.58 bits per heavy atom. The van der Waals surface area contributed by atoms with Gasteiger partial charge in [-0.3, -0.25) is 9.59 Å². The molecule has 0 atom stereocenters. The molecule has 0 spiro atoms. The zero-order valence-corrected chi connectivity index (χ0v) is 13.5. The van der Waals surface area contributed by atoms with Crippen molar-refractivity contribution in [3.63, 3.8) is 0 Å². The summed E-state index contributed by atoms with van der Waals surface area (Å²) in [5.41, 5.74) is 5.64. The van der Waals surface area contributed by atoms with Gasteiger partial charge in [0.25, 0.3) is 11.8 Å². The zero-order chi connectivity index (χ0) is 17.4. The molecular weight excluding hydrogens is 308 g/mol. The predicted octanol–water partition coefficient (Wildman–Crippen LogP) is 2.71. The van der Waals surface area contributed by atoms with E-state index in [0.29, 0.717) is 23.7 Å². The average Bonchev–Trinajstić information content (AvgIpc) is 3.08. The Bertz CT molecular complexity index is 703. The molecule has 6 nitrogen and oxygen atoms in total. The lowest BCUT2D eigenvalue weighted by molar-refractivity contribution is -0.114. The van der Waals surface area contributed by atoms with Crippen molar-refractivity contribution in [2.45, 2.75) is 19.8 Å². The smallest absolute Gasteiger partial charge is 0.265 e. The SMILES string of the molecule is CCCCOc1ccc(C(=O)N/C(=C/c2ccco2)C(N)=O)cc1. The summed E-state index contributed by atoms with van der Waals surface area (Å²) < 4.78 is 10.7. The minimum atomic E-state index is -0.751. The summed E-state index contributed by atoms with van der Waals surface area (Å²) in [6.45, 7) is 2.73. The molecule has 0 saturated carbocycles. The Morgan fingerprint density at radius 2 is 2.00 bits per heavy atom. The van der Waals surface area contributed by atoms with Gasteiger partial charge in [0.05, 0.1) is 12.9 Å². The van der Waals surface area contributed by atoms with Gasteiger partial charge in [0, 0.05) is 11.6 Å². The highest BCUT2D eigenvalue weighted by Gasteiger charge is 2.12. The molecule has 1 heterocycles. The number of furan rings is 1. The van der Waals surface area contributed by atoms with Crippen LogP contribution in [0.25, 0.3) is 6.08 Å². The number of rotatable bonds is 8. The molecule has 0 saturated heterocycles. The summed E-state index contributed by atoms with van der Waals surface area (Å²) in [4.78, 5) is 23.7. The highest BCUT2D eigenvalue weighted by atomic mass is 16.5. The summed E-state index contributed by atoms with van der Waals surface area (Å²) in [5, 5.41) is 2.49. The van der Waals surface area contributed by atoms with Crippen LogP contribution in [0.5, 0.6) is 5.75 Å². The summed E-state index contributed by atoms with van der Waals surface area (Å²) in [5.74, 6) is -0.0731. The number of carbonyl (C=O) groups excluding carboxylic acids is 2. The molecule has 6 heteroatoms. The topological polar surface area (TPSA) is 94.6 Å². The maximum Gasteiger partial charge on any atom is 0.265 e. The molecule has 0 bridgehead atoms. The van der Waals surface area contributed by atoms with Gasteiger partial charge in [-0.05, 0) is 42.8 Å². The number of amides is 2. The van der Waals surface area contributed by atoms with Crippen LogP contribution in [0.1, 0.15) is 35.9 Å². The van der Waals surface area contributed by atoms with E-state index in [0.717, 1.165) is 12.8 Å². The molecule has 0 aliphatic heterocycles. The number of carbonyl (C=O) groups is 2. The molecule has 0 fully saturated rings. The standard InChI is InChI=1S/C18H20N2O4/c1-2-3-10-23-14-8-6-13(7-9-14)18(22)20-16(17(19)21)12-15-5-4-11-24-15/h4-9,11-12H,2-3,10H2,1H3,(H2,19,21)(H,20,22)/b16-12+. The van der Waals surface area contributed by atoms with Crippen molar-refractivity contribution in [2.24, 2.45) is 5.73 Å². The van der Waals surface area contributed by atoms with E-state index < -0.39 is 11.8 Å². The minimum Gasteiger partial charge on any atom is -0.494 e. The van der Waals surface area contributed by atoms with Crippen molar-refractivity contribution >= 4 is 17.9 Å². The second-order valence-corrected chi connectivity index (χ2v) is 5.12. The summed E-state index contributed by atoms with van der Waals surface area (Å²) in [6, 6.07) is 10.0. The number of hydrogen-bond donors (Lipinski definition) is 2. The van der Waals surface area contributed by atoms with E-state index in [1.807, 2.05) is 0 Å². The largest absolute Gasteiger partial charge is 0.494 e. The van der Waals surface area contributed by atoms with Gasteiger partial charge in [-0.15, -0.1) is 0 Å². The number of hydrogen-bond acceptors (Lipinski definition) is 4. The van der Waals surface area contributed by atoms with E-state index in [9.17, 15) is 9.59 Å². The first-order valence-electron chi connectivity index (χ1n) is 7.69. The molecule has 1 aromatic carbocycles. The highest BCUT2D eigenvalue weighted by Crippen LogP contribution is 2.13. The zero-order valence-electron chi connectivity index (χ0n) is 13.5. The molecule has 0 unspecified atom stereocenters. The number of benzene rings is 1. The van der Waals surface area contributed by atoms with Crippen LogP contribution in [0, 0.1) is 0 Å². The first-order chi connectivity index (χ1) is 11.6. The lowest BCUT2D eigenvalue weighted by Gasteiger charge is -2.08. The monoisotopic (exact) mass is 328 g/mol. The van der Waals surface area contributed by atoms with Gasteiger partial charge >= 0.3 is 0 Å². The predicted molar refractivity (Wildman–Crippen MR) is 90.2 cm³/mol. The van der Waals surface area contributed by atoms with Crippen LogP contribution in [-0.4, -0.2) is 18.4 Å². The van der Waals surface area contributed by atoms with Crippen molar-refractivity contribution < 1.29 is 18.7 Å². The van der Waals surface area contributed by atoms with Crippen LogP contribution in [0.15, 0.2) is 52.8 Å². The maximum atomic E-state index is 12.2. The van der Waals surface area contributed by atoms with Crippen LogP contribution < -0.4 is 15.8 Å². The Hall–Kier alpha value is -3.02. The van der Waals surface area contributed by atoms with Crippen LogP contribution in [-0.2, 0) is 4.79 Å². The molecule has 0 aliphatic carbocycles. The van der Waals surface area contributed by atoms with Gasteiger partial charge < -0.3 is 20.2 Å². The van der Waals surface area contributed by atoms with E-state index in [1.54, 1.807) is 36.4 Å². The van der Waals surface area contributed by atoms with Gasteiger partial charge in [-0.2, -0.15) is 0 Å². The van der Waals surface area contributed by atoms with Crippen molar-refractivity contribution in [2.75, 3.05) is 6.61 Å². The van der Waals surface area contributed by atoms with Crippen LogP contribution in [0.2, 0.25) is 0 Å². The Morgan fingerprint density at radius 1 is 1.25 bits per heavy atom. The molecule has 3 N–H and O–H groups in total. The summed E-state index contributed by atoms with van der Waals surface area (Å²) in [6.07, 6.45) is 4.87. The number of nitrogens with one attached hydrogen (secondary N) is 1. The fourth-order valence-electron chi connectivity index (χ4n) is 1.92.